The fraction of sp³-hybridized carbons (Fsp3) is 0. The molecule has 0 spiro atoms. The minimum absolute atomic E-state index is 0.491. The van der Waals surface area contributed by atoms with E-state index in [9.17, 15) is 0 Å². The van der Waals surface area contributed by atoms with Gasteiger partial charge in [-0.1, -0.05) is 46.3 Å². The molecule has 0 atom stereocenters. The Balaban J connectivity index is 2.10. The summed E-state index contributed by atoms with van der Waals surface area (Å²) in [5, 5.41) is 7.43. The number of rotatable bonds is 2. The lowest BCUT2D eigenvalue weighted by molar-refractivity contribution is -0.718. The highest BCUT2D eigenvalue weighted by atomic mass is 32.1. The van der Waals surface area contributed by atoms with Gasteiger partial charge >= 0.3 is 4.77 Å². The Morgan fingerprint density at radius 2 is 1.56 bits per heavy atom. The third-order valence-corrected chi connectivity index (χ3v) is 2.85. The first-order valence-corrected chi connectivity index (χ1v) is 5.98. The predicted octanol–water partition coefficient (Wildman–Crippen LogP) is 2.21. The first-order valence-electron chi connectivity index (χ1n) is 5.57. The van der Waals surface area contributed by atoms with Crippen molar-refractivity contribution in [1.82, 2.24) is 15.0 Å². The van der Waals surface area contributed by atoms with E-state index in [1.54, 1.807) is 9.48 Å². The maximum absolute atomic E-state index is 5.25. The molecule has 3 rings (SSSR count). The number of benzene rings is 2. The number of nitrogens with zero attached hydrogens (tertiary/aromatic N) is 3. The third-order valence-electron chi connectivity index (χ3n) is 2.59. The lowest BCUT2D eigenvalue weighted by Crippen LogP contribution is -2.36. The summed E-state index contributed by atoms with van der Waals surface area (Å²) in [6, 6.07) is 19.7. The van der Waals surface area contributed by atoms with E-state index in [0.717, 1.165) is 11.4 Å². The van der Waals surface area contributed by atoms with E-state index >= 15 is 0 Å². The average Bonchev–Trinajstić information content (AvgIpc) is 2.83. The van der Waals surface area contributed by atoms with Crippen LogP contribution in [0.15, 0.2) is 60.7 Å². The molecule has 1 heterocycles. The number of aromatic amines is 1. The molecule has 0 aliphatic carbocycles. The molecular weight excluding hydrogens is 244 g/mol. The second-order valence-electron chi connectivity index (χ2n) is 3.80. The molecule has 0 saturated carbocycles. The first-order chi connectivity index (χ1) is 8.84. The van der Waals surface area contributed by atoms with Gasteiger partial charge in [-0.2, -0.15) is 0 Å². The van der Waals surface area contributed by atoms with Crippen molar-refractivity contribution in [3.63, 3.8) is 0 Å². The van der Waals surface area contributed by atoms with Crippen molar-refractivity contribution in [2.45, 2.75) is 0 Å². The zero-order valence-corrected chi connectivity index (χ0v) is 10.3. The summed E-state index contributed by atoms with van der Waals surface area (Å²) in [4.78, 5) is 1.66. The molecule has 0 aliphatic rings. The lowest BCUT2D eigenvalue weighted by Gasteiger charge is -1.93. The van der Waals surface area contributed by atoms with E-state index in [2.05, 4.69) is 10.3 Å². The van der Waals surface area contributed by atoms with Crippen LogP contribution in [-0.4, -0.2) is 15.0 Å². The van der Waals surface area contributed by atoms with E-state index in [1.807, 2.05) is 60.7 Å². The van der Waals surface area contributed by atoms with Crippen molar-refractivity contribution in [1.29, 1.82) is 0 Å². The van der Waals surface area contributed by atoms with Gasteiger partial charge in [-0.15, -0.1) is 0 Å². The van der Waals surface area contributed by atoms with Crippen molar-refractivity contribution in [2.75, 3.05) is 0 Å². The largest absolute Gasteiger partial charge is 0.353 e. The topological polar surface area (TPSA) is 37.5 Å². The van der Waals surface area contributed by atoms with Gasteiger partial charge in [-0.05, 0) is 41.3 Å². The summed E-state index contributed by atoms with van der Waals surface area (Å²) in [6.07, 6.45) is 0. The standard InChI is InChI=1S/C13H10N4S/c18-13-14-17(12-9-5-2-6-10-12)15-16(13)11-7-3-1-4-8-11/h1-10H/p+1. The summed E-state index contributed by atoms with van der Waals surface area (Å²) in [6.45, 7) is 0. The van der Waals surface area contributed by atoms with Crippen LogP contribution in [0.4, 0.5) is 0 Å². The maximum atomic E-state index is 5.25. The van der Waals surface area contributed by atoms with Gasteiger partial charge in [-0.3, -0.25) is 0 Å². The molecule has 18 heavy (non-hydrogen) atoms. The molecule has 0 aliphatic heterocycles. The minimum atomic E-state index is 0.491. The number of aromatic nitrogens is 4. The Morgan fingerprint density at radius 3 is 2.22 bits per heavy atom. The fourth-order valence-electron chi connectivity index (χ4n) is 1.72. The fourth-order valence-corrected chi connectivity index (χ4v) is 1.95. The zero-order chi connectivity index (χ0) is 12.4. The Labute approximate surface area is 109 Å². The summed E-state index contributed by atoms with van der Waals surface area (Å²) >= 11 is 5.25. The molecule has 0 fully saturated rings. The maximum Gasteiger partial charge on any atom is 0.353 e. The molecule has 4 nitrogen and oxygen atoms in total. The Hall–Kier alpha value is -2.27. The SMILES string of the molecule is S=c1n[n+](-c2ccccc2)[nH]n1-c1ccccc1. The van der Waals surface area contributed by atoms with Crippen molar-refractivity contribution >= 4 is 12.2 Å². The number of hydrogen-bond donors (Lipinski definition) is 1. The molecule has 2 aromatic carbocycles. The second-order valence-corrected chi connectivity index (χ2v) is 4.17. The monoisotopic (exact) mass is 255 g/mol. The highest BCUT2D eigenvalue weighted by Crippen LogP contribution is 2.04. The normalized spacial score (nSPS) is 10.4. The van der Waals surface area contributed by atoms with Crippen LogP contribution in [0.3, 0.4) is 0 Å². The highest BCUT2D eigenvalue weighted by Gasteiger charge is 2.12. The molecule has 0 radical (unpaired) electrons. The first kappa shape index (κ1) is 10.9. The van der Waals surface area contributed by atoms with Gasteiger partial charge in [-0.25, -0.2) is 0 Å². The van der Waals surface area contributed by atoms with Crippen LogP contribution in [0.1, 0.15) is 0 Å². The Bertz CT molecular complexity index is 701. The number of tetrazole rings is 1. The van der Waals surface area contributed by atoms with Crippen molar-refractivity contribution in [2.24, 2.45) is 0 Å². The van der Waals surface area contributed by atoms with Crippen LogP contribution in [-0.2, 0) is 0 Å². The predicted molar refractivity (Wildman–Crippen MR) is 70.3 cm³/mol. The van der Waals surface area contributed by atoms with Crippen LogP contribution >= 0.6 is 12.2 Å². The van der Waals surface area contributed by atoms with E-state index < -0.39 is 0 Å². The summed E-state index contributed by atoms with van der Waals surface area (Å²) in [5.41, 5.74) is 1.91. The number of nitrogens with one attached hydrogen (secondary N) is 1. The van der Waals surface area contributed by atoms with Crippen LogP contribution in [0.5, 0.6) is 0 Å². The minimum Gasteiger partial charge on any atom is -0.0941 e. The molecule has 5 heteroatoms. The van der Waals surface area contributed by atoms with Crippen LogP contribution < -0.4 is 4.80 Å². The third kappa shape index (κ3) is 1.96. The molecule has 0 amide bonds. The quantitative estimate of drug-likeness (QED) is 0.563. The second kappa shape index (κ2) is 4.54. The number of hydrogen-bond acceptors (Lipinski definition) is 2. The molecular formula is C13H11N4S+. The van der Waals surface area contributed by atoms with Gasteiger partial charge in [0.05, 0.1) is 0 Å². The van der Waals surface area contributed by atoms with Crippen molar-refractivity contribution < 1.29 is 4.80 Å². The lowest BCUT2D eigenvalue weighted by atomic mass is 10.3. The van der Waals surface area contributed by atoms with Gasteiger partial charge in [0.25, 0.3) is 0 Å². The van der Waals surface area contributed by atoms with Crippen molar-refractivity contribution in [3.8, 4) is 11.4 Å². The highest BCUT2D eigenvalue weighted by molar-refractivity contribution is 7.71. The molecule has 88 valence electrons. The smallest absolute Gasteiger partial charge is 0.0941 e. The molecule has 0 unspecified atom stereocenters. The van der Waals surface area contributed by atoms with Gasteiger partial charge < -0.3 is 0 Å². The molecule has 1 aromatic heterocycles. The Morgan fingerprint density at radius 1 is 0.944 bits per heavy atom. The van der Waals surface area contributed by atoms with E-state index in [-0.39, 0.29) is 0 Å². The van der Waals surface area contributed by atoms with Crippen molar-refractivity contribution in [3.05, 3.63) is 65.4 Å². The van der Waals surface area contributed by atoms with Gasteiger partial charge in [0.2, 0.25) is 0 Å². The molecule has 3 aromatic rings. The molecule has 1 N–H and O–H groups in total. The summed E-state index contributed by atoms with van der Waals surface area (Å²) < 4.78 is 2.26. The summed E-state index contributed by atoms with van der Waals surface area (Å²) in [7, 11) is 0. The zero-order valence-electron chi connectivity index (χ0n) is 9.52. The van der Waals surface area contributed by atoms with Crippen LogP contribution in [0, 0.1) is 4.77 Å². The molecule has 0 saturated heterocycles. The number of H-pyrrole nitrogens is 1. The van der Waals surface area contributed by atoms with E-state index in [0.29, 0.717) is 4.77 Å². The summed E-state index contributed by atoms with van der Waals surface area (Å²) in [5.74, 6) is 0. The molecule has 0 bridgehead atoms. The van der Waals surface area contributed by atoms with Gasteiger partial charge in [0, 0.05) is 5.10 Å². The average molecular weight is 255 g/mol. The number of para-hydroxylation sites is 2. The van der Waals surface area contributed by atoms with E-state index in [1.165, 1.54) is 0 Å². The Kier molecular flexibility index (Phi) is 2.74. The van der Waals surface area contributed by atoms with Crippen LogP contribution in [0.25, 0.3) is 11.4 Å². The van der Waals surface area contributed by atoms with E-state index in [4.69, 9.17) is 12.2 Å². The van der Waals surface area contributed by atoms with Gasteiger partial charge in [0.1, 0.15) is 0 Å². The van der Waals surface area contributed by atoms with Crippen LogP contribution in [0.2, 0.25) is 0 Å². The van der Waals surface area contributed by atoms with Gasteiger partial charge in [0.15, 0.2) is 11.4 Å².